The summed E-state index contributed by atoms with van der Waals surface area (Å²) in [6.07, 6.45) is 1.98. The van der Waals surface area contributed by atoms with Gasteiger partial charge in [0.05, 0.1) is 13.2 Å². The van der Waals surface area contributed by atoms with Crippen LogP contribution in [0.3, 0.4) is 0 Å². The van der Waals surface area contributed by atoms with E-state index in [1.54, 1.807) is 14.2 Å². The van der Waals surface area contributed by atoms with Crippen LogP contribution in [0.25, 0.3) is 11.3 Å². The van der Waals surface area contributed by atoms with Crippen molar-refractivity contribution in [3.63, 3.8) is 0 Å². The van der Waals surface area contributed by atoms with Crippen molar-refractivity contribution >= 4 is 0 Å². The van der Waals surface area contributed by atoms with Crippen molar-refractivity contribution < 1.29 is 9.47 Å². The minimum atomic E-state index is -0.00673. The van der Waals surface area contributed by atoms with Crippen molar-refractivity contribution in [2.75, 3.05) is 14.2 Å². The second-order valence-corrected chi connectivity index (χ2v) is 8.76. The van der Waals surface area contributed by atoms with E-state index in [2.05, 4.69) is 64.7 Å². The molecule has 0 spiro atoms. The smallest absolute Gasteiger partial charge is 0.0722 e. The number of aromatic nitrogens is 1. The quantitative estimate of drug-likeness (QED) is 0.770. The Hall–Kier alpha value is -1.58. The van der Waals surface area contributed by atoms with E-state index in [4.69, 9.17) is 9.47 Å². The standard InChI is InChI=1S/C22H33NO2/c1-21(2,3)17-12-15(13-24-7)20(22(4,5)6)19(16(17)14-25-8)18-10-9-11-23-18/h9-12,23H,13-14H2,1-8H3. The van der Waals surface area contributed by atoms with Crippen molar-refractivity contribution in [1.29, 1.82) is 0 Å². The van der Waals surface area contributed by atoms with Gasteiger partial charge in [-0.2, -0.15) is 0 Å². The van der Waals surface area contributed by atoms with E-state index in [0.29, 0.717) is 13.2 Å². The molecular formula is C22H33NO2. The van der Waals surface area contributed by atoms with Crippen LogP contribution in [0.2, 0.25) is 0 Å². The molecule has 0 saturated carbocycles. The molecule has 0 bridgehead atoms. The minimum absolute atomic E-state index is 0.00673. The zero-order chi connectivity index (χ0) is 18.8. The highest BCUT2D eigenvalue weighted by atomic mass is 16.5. The van der Waals surface area contributed by atoms with Crippen LogP contribution in [-0.2, 0) is 33.5 Å². The number of aromatic amines is 1. The first-order valence-electron chi connectivity index (χ1n) is 8.92. The molecule has 1 aromatic carbocycles. The summed E-state index contributed by atoms with van der Waals surface area (Å²) in [6.45, 7) is 14.8. The largest absolute Gasteiger partial charge is 0.380 e. The molecule has 3 heteroatoms. The molecule has 3 nitrogen and oxygen atoms in total. The van der Waals surface area contributed by atoms with E-state index in [0.717, 1.165) is 5.69 Å². The van der Waals surface area contributed by atoms with Gasteiger partial charge in [-0.25, -0.2) is 0 Å². The number of benzene rings is 1. The Morgan fingerprint density at radius 1 is 0.920 bits per heavy atom. The van der Waals surface area contributed by atoms with Gasteiger partial charge in [0.2, 0.25) is 0 Å². The van der Waals surface area contributed by atoms with Crippen molar-refractivity contribution in [1.82, 2.24) is 4.98 Å². The summed E-state index contributed by atoms with van der Waals surface area (Å²) in [6, 6.07) is 6.52. The SMILES string of the molecule is COCc1cc(C(C)(C)C)c(COC)c(-c2ccc[nH]2)c1C(C)(C)C. The number of hydrogen-bond donors (Lipinski definition) is 1. The fraction of sp³-hybridized carbons (Fsp3) is 0.545. The first-order chi connectivity index (χ1) is 11.6. The second kappa shape index (κ2) is 7.35. The Labute approximate surface area is 152 Å². The number of methoxy groups -OCH3 is 2. The third kappa shape index (κ3) is 4.16. The van der Waals surface area contributed by atoms with Gasteiger partial charge in [-0.05, 0) is 45.2 Å². The van der Waals surface area contributed by atoms with Gasteiger partial charge in [0.1, 0.15) is 0 Å². The zero-order valence-electron chi connectivity index (χ0n) is 17.0. The van der Waals surface area contributed by atoms with Crippen LogP contribution < -0.4 is 0 Å². The van der Waals surface area contributed by atoms with E-state index in [1.807, 2.05) is 6.20 Å². The van der Waals surface area contributed by atoms with E-state index >= 15 is 0 Å². The molecule has 0 fully saturated rings. The van der Waals surface area contributed by atoms with Gasteiger partial charge < -0.3 is 14.5 Å². The lowest BCUT2D eigenvalue weighted by atomic mass is 9.73. The third-order valence-electron chi connectivity index (χ3n) is 4.53. The Balaban J connectivity index is 2.97. The van der Waals surface area contributed by atoms with Crippen molar-refractivity contribution in [2.24, 2.45) is 0 Å². The molecule has 0 saturated heterocycles. The fourth-order valence-electron chi connectivity index (χ4n) is 3.65. The number of ether oxygens (including phenoxy) is 2. The van der Waals surface area contributed by atoms with Crippen molar-refractivity contribution in [3.05, 3.63) is 46.6 Å². The molecule has 2 rings (SSSR count). The van der Waals surface area contributed by atoms with Crippen LogP contribution >= 0.6 is 0 Å². The van der Waals surface area contributed by atoms with E-state index in [9.17, 15) is 0 Å². The maximum absolute atomic E-state index is 5.62. The van der Waals surface area contributed by atoms with Crippen LogP contribution in [0, 0.1) is 0 Å². The predicted octanol–water partition coefficient (Wildman–Crippen LogP) is 5.57. The molecule has 1 aromatic heterocycles. The lowest BCUT2D eigenvalue weighted by molar-refractivity contribution is 0.180. The Kier molecular flexibility index (Phi) is 5.80. The molecular weight excluding hydrogens is 310 g/mol. The van der Waals surface area contributed by atoms with E-state index < -0.39 is 0 Å². The van der Waals surface area contributed by atoms with Gasteiger partial charge in [0, 0.05) is 31.7 Å². The highest BCUT2D eigenvalue weighted by Crippen LogP contribution is 2.42. The number of rotatable bonds is 5. The lowest BCUT2D eigenvalue weighted by Gasteiger charge is -2.33. The number of hydrogen-bond acceptors (Lipinski definition) is 2. The summed E-state index contributed by atoms with van der Waals surface area (Å²) < 4.78 is 11.2. The highest BCUT2D eigenvalue weighted by Gasteiger charge is 2.30. The van der Waals surface area contributed by atoms with E-state index in [-0.39, 0.29) is 10.8 Å². The average molecular weight is 344 g/mol. The minimum Gasteiger partial charge on any atom is -0.380 e. The topological polar surface area (TPSA) is 34.2 Å². The molecule has 0 aliphatic carbocycles. The number of nitrogens with one attached hydrogen (secondary N) is 1. The first kappa shape index (κ1) is 19.7. The first-order valence-corrected chi connectivity index (χ1v) is 8.92. The maximum atomic E-state index is 5.62. The summed E-state index contributed by atoms with van der Waals surface area (Å²) in [4.78, 5) is 3.42. The van der Waals surface area contributed by atoms with Gasteiger partial charge in [0.15, 0.2) is 0 Å². The van der Waals surface area contributed by atoms with Gasteiger partial charge in [0.25, 0.3) is 0 Å². The molecule has 0 unspecified atom stereocenters. The van der Waals surface area contributed by atoms with Crippen molar-refractivity contribution in [2.45, 2.75) is 65.6 Å². The number of H-pyrrole nitrogens is 1. The summed E-state index contributed by atoms with van der Waals surface area (Å²) in [5.74, 6) is 0. The predicted molar refractivity (Wildman–Crippen MR) is 105 cm³/mol. The Morgan fingerprint density at radius 3 is 2.00 bits per heavy atom. The summed E-state index contributed by atoms with van der Waals surface area (Å²) >= 11 is 0. The third-order valence-corrected chi connectivity index (χ3v) is 4.53. The van der Waals surface area contributed by atoms with Gasteiger partial charge in [-0.15, -0.1) is 0 Å². The molecule has 0 aliphatic heterocycles. The average Bonchev–Trinajstić information content (AvgIpc) is 3.00. The molecule has 0 amide bonds. The van der Waals surface area contributed by atoms with Crippen LogP contribution in [0.5, 0.6) is 0 Å². The second-order valence-electron chi connectivity index (χ2n) is 8.76. The van der Waals surface area contributed by atoms with Crippen molar-refractivity contribution in [3.8, 4) is 11.3 Å². The van der Waals surface area contributed by atoms with Gasteiger partial charge in [-0.3, -0.25) is 0 Å². The molecule has 1 heterocycles. The summed E-state index contributed by atoms with van der Waals surface area (Å²) in [5.41, 5.74) is 7.59. The molecule has 25 heavy (non-hydrogen) atoms. The molecule has 0 radical (unpaired) electrons. The normalized spacial score (nSPS) is 12.6. The van der Waals surface area contributed by atoms with Crippen LogP contribution in [0.1, 0.15) is 63.8 Å². The fourth-order valence-corrected chi connectivity index (χ4v) is 3.65. The van der Waals surface area contributed by atoms with Gasteiger partial charge >= 0.3 is 0 Å². The zero-order valence-corrected chi connectivity index (χ0v) is 17.0. The molecule has 0 aliphatic rings. The lowest BCUT2D eigenvalue weighted by Crippen LogP contribution is -2.23. The summed E-state index contributed by atoms with van der Waals surface area (Å²) in [7, 11) is 3.53. The monoisotopic (exact) mass is 343 g/mol. The van der Waals surface area contributed by atoms with Crippen LogP contribution in [0.4, 0.5) is 0 Å². The van der Waals surface area contributed by atoms with E-state index in [1.165, 1.54) is 27.8 Å². The summed E-state index contributed by atoms with van der Waals surface area (Å²) in [5, 5.41) is 0. The van der Waals surface area contributed by atoms with Crippen LogP contribution in [-0.4, -0.2) is 19.2 Å². The Bertz CT molecular complexity index is 701. The van der Waals surface area contributed by atoms with Gasteiger partial charge in [-0.1, -0.05) is 47.6 Å². The van der Waals surface area contributed by atoms with Crippen LogP contribution in [0.15, 0.2) is 24.4 Å². The highest BCUT2D eigenvalue weighted by molar-refractivity contribution is 5.73. The molecule has 0 atom stereocenters. The molecule has 138 valence electrons. The molecule has 2 aromatic rings. The molecule has 1 N–H and O–H groups in total. The maximum Gasteiger partial charge on any atom is 0.0722 e. The Morgan fingerprint density at radius 2 is 1.56 bits per heavy atom.